The van der Waals surface area contributed by atoms with E-state index in [4.69, 9.17) is 17.3 Å². The number of anilines is 1. The number of benzene rings is 1. The molecule has 0 saturated heterocycles. The van der Waals surface area contributed by atoms with Crippen LogP contribution in [0, 0.1) is 5.82 Å². The summed E-state index contributed by atoms with van der Waals surface area (Å²) < 4.78 is 13.2. The molecule has 0 bridgehead atoms. The fourth-order valence-electron chi connectivity index (χ4n) is 1.20. The average Bonchev–Trinajstić information content (AvgIpc) is 2.50. The minimum Gasteiger partial charge on any atom is -0.396 e. The highest BCUT2D eigenvalue weighted by molar-refractivity contribution is 7.15. The second kappa shape index (κ2) is 3.59. The zero-order valence-corrected chi connectivity index (χ0v) is 8.70. The molecule has 0 unspecified atom stereocenters. The number of hydrogen-bond donors (Lipinski definition) is 1. The Morgan fingerprint density at radius 3 is 2.36 bits per heavy atom. The van der Waals surface area contributed by atoms with E-state index in [1.807, 2.05) is 5.38 Å². The van der Waals surface area contributed by atoms with Crippen LogP contribution >= 0.6 is 22.9 Å². The normalized spacial score (nSPS) is 10.4. The summed E-state index contributed by atoms with van der Waals surface area (Å²) in [7, 11) is 0. The Morgan fingerprint density at radius 1 is 1.21 bits per heavy atom. The lowest BCUT2D eigenvalue weighted by Crippen LogP contribution is -1.85. The number of halogens is 2. The van der Waals surface area contributed by atoms with Gasteiger partial charge in [0.05, 0.1) is 5.69 Å². The average molecular weight is 228 g/mol. The predicted molar refractivity (Wildman–Crippen MR) is 59.1 cm³/mol. The van der Waals surface area contributed by atoms with E-state index in [2.05, 4.69) is 0 Å². The Balaban J connectivity index is 2.49. The third-order valence-electron chi connectivity index (χ3n) is 1.94. The quantitative estimate of drug-likeness (QED) is 0.788. The molecule has 72 valence electrons. The SMILES string of the molecule is Nc1c(-c2ccc(F)cc2)csc1Cl. The van der Waals surface area contributed by atoms with E-state index >= 15 is 0 Å². The van der Waals surface area contributed by atoms with Crippen molar-refractivity contribution in [1.29, 1.82) is 0 Å². The summed E-state index contributed by atoms with van der Waals surface area (Å²) in [6.07, 6.45) is 0. The Labute approximate surface area is 89.9 Å². The van der Waals surface area contributed by atoms with Crippen LogP contribution in [0.3, 0.4) is 0 Å². The highest BCUT2D eigenvalue weighted by Crippen LogP contribution is 2.37. The molecular weight excluding hydrogens is 221 g/mol. The van der Waals surface area contributed by atoms with Crippen LogP contribution in [-0.4, -0.2) is 0 Å². The molecule has 0 aliphatic heterocycles. The van der Waals surface area contributed by atoms with Crippen LogP contribution in [0.15, 0.2) is 29.6 Å². The molecule has 2 aromatic rings. The summed E-state index contributed by atoms with van der Waals surface area (Å²) in [4.78, 5) is 0. The molecule has 0 fully saturated rings. The standard InChI is InChI=1S/C10H7ClFNS/c11-10-9(13)8(5-14-10)6-1-3-7(12)4-2-6/h1-5H,13H2. The molecule has 1 nitrogen and oxygen atoms in total. The van der Waals surface area contributed by atoms with Crippen molar-refractivity contribution in [3.05, 3.63) is 39.8 Å². The highest BCUT2D eigenvalue weighted by atomic mass is 35.5. The summed E-state index contributed by atoms with van der Waals surface area (Å²) in [5, 5.41) is 1.87. The van der Waals surface area contributed by atoms with E-state index in [-0.39, 0.29) is 5.82 Å². The van der Waals surface area contributed by atoms with Crippen molar-refractivity contribution in [2.45, 2.75) is 0 Å². The van der Waals surface area contributed by atoms with Crippen LogP contribution < -0.4 is 5.73 Å². The number of rotatable bonds is 1. The highest BCUT2D eigenvalue weighted by Gasteiger charge is 2.08. The van der Waals surface area contributed by atoms with Crippen LogP contribution in [0.1, 0.15) is 0 Å². The zero-order valence-electron chi connectivity index (χ0n) is 7.13. The molecule has 0 saturated carbocycles. The smallest absolute Gasteiger partial charge is 0.123 e. The van der Waals surface area contributed by atoms with Crippen molar-refractivity contribution >= 4 is 28.6 Å². The van der Waals surface area contributed by atoms with Crippen LogP contribution in [0.4, 0.5) is 10.1 Å². The van der Waals surface area contributed by atoms with Gasteiger partial charge in [0.25, 0.3) is 0 Å². The lowest BCUT2D eigenvalue weighted by molar-refractivity contribution is 0.628. The molecule has 14 heavy (non-hydrogen) atoms. The van der Waals surface area contributed by atoms with E-state index < -0.39 is 0 Å². The molecule has 0 atom stereocenters. The third kappa shape index (κ3) is 1.61. The zero-order chi connectivity index (χ0) is 10.1. The lowest BCUT2D eigenvalue weighted by Gasteiger charge is -1.99. The van der Waals surface area contributed by atoms with Gasteiger partial charge in [-0.2, -0.15) is 0 Å². The van der Waals surface area contributed by atoms with E-state index in [1.165, 1.54) is 23.5 Å². The van der Waals surface area contributed by atoms with Crippen molar-refractivity contribution in [3.8, 4) is 11.1 Å². The molecule has 0 aliphatic carbocycles. The molecular formula is C10H7ClFNS. The molecule has 0 amide bonds. The monoisotopic (exact) mass is 227 g/mol. The number of nitrogen functional groups attached to an aromatic ring is 1. The molecule has 4 heteroatoms. The van der Waals surface area contributed by atoms with Gasteiger partial charge in [0.2, 0.25) is 0 Å². The van der Waals surface area contributed by atoms with E-state index in [0.29, 0.717) is 10.0 Å². The molecule has 2 rings (SSSR count). The lowest BCUT2D eigenvalue weighted by atomic mass is 10.1. The maximum Gasteiger partial charge on any atom is 0.123 e. The fraction of sp³-hybridized carbons (Fsp3) is 0. The first-order chi connectivity index (χ1) is 6.68. The van der Waals surface area contributed by atoms with Gasteiger partial charge in [-0.1, -0.05) is 23.7 Å². The van der Waals surface area contributed by atoms with Crippen molar-refractivity contribution in [3.63, 3.8) is 0 Å². The number of hydrogen-bond acceptors (Lipinski definition) is 2. The Hall–Kier alpha value is -1.06. The largest absolute Gasteiger partial charge is 0.396 e. The maximum absolute atomic E-state index is 12.7. The Kier molecular flexibility index (Phi) is 2.44. The van der Waals surface area contributed by atoms with Gasteiger partial charge < -0.3 is 5.73 Å². The predicted octanol–water partition coefficient (Wildman–Crippen LogP) is 3.79. The van der Waals surface area contributed by atoms with E-state index in [1.54, 1.807) is 12.1 Å². The van der Waals surface area contributed by atoms with Gasteiger partial charge in [-0.3, -0.25) is 0 Å². The molecule has 1 aromatic heterocycles. The van der Waals surface area contributed by atoms with E-state index in [9.17, 15) is 4.39 Å². The van der Waals surface area contributed by atoms with Crippen LogP contribution in [0.5, 0.6) is 0 Å². The Morgan fingerprint density at radius 2 is 1.86 bits per heavy atom. The van der Waals surface area contributed by atoms with Gasteiger partial charge in [0, 0.05) is 10.9 Å². The first-order valence-electron chi connectivity index (χ1n) is 3.97. The first kappa shape index (κ1) is 9.49. The second-order valence-corrected chi connectivity index (χ2v) is 4.33. The molecule has 1 aromatic carbocycles. The molecule has 0 radical (unpaired) electrons. The van der Waals surface area contributed by atoms with Crippen LogP contribution in [-0.2, 0) is 0 Å². The van der Waals surface area contributed by atoms with Crippen molar-refractivity contribution in [2.75, 3.05) is 5.73 Å². The molecule has 2 N–H and O–H groups in total. The maximum atomic E-state index is 12.7. The first-order valence-corrected chi connectivity index (χ1v) is 5.22. The number of thiophene rings is 1. The second-order valence-electron chi connectivity index (χ2n) is 2.84. The topological polar surface area (TPSA) is 26.0 Å². The summed E-state index contributed by atoms with van der Waals surface area (Å²) >= 11 is 7.21. The summed E-state index contributed by atoms with van der Waals surface area (Å²) in [5.74, 6) is -0.256. The van der Waals surface area contributed by atoms with Gasteiger partial charge in [-0.25, -0.2) is 4.39 Å². The van der Waals surface area contributed by atoms with Crippen LogP contribution in [0.25, 0.3) is 11.1 Å². The van der Waals surface area contributed by atoms with Gasteiger partial charge in [0.1, 0.15) is 10.2 Å². The van der Waals surface area contributed by atoms with Crippen LogP contribution in [0.2, 0.25) is 4.34 Å². The third-order valence-corrected chi connectivity index (χ3v) is 3.19. The number of nitrogens with two attached hydrogens (primary N) is 1. The molecule has 1 heterocycles. The van der Waals surface area contributed by atoms with Crippen molar-refractivity contribution in [1.82, 2.24) is 0 Å². The Bertz CT molecular complexity index is 450. The molecule has 0 spiro atoms. The van der Waals surface area contributed by atoms with Gasteiger partial charge in [0.15, 0.2) is 0 Å². The summed E-state index contributed by atoms with van der Waals surface area (Å²) in [6.45, 7) is 0. The molecule has 0 aliphatic rings. The van der Waals surface area contributed by atoms with Crippen molar-refractivity contribution < 1.29 is 4.39 Å². The van der Waals surface area contributed by atoms with E-state index in [0.717, 1.165) is 11.1 Å². The summed E-state index contributed by atoms with van der Waals surface area (Å²) in [6, 6.07) is 6.18. The van der Waals surface area contributed by atoms with Crippen molar-refractivity contribution in [2.24, 2.45) is 0 Å². The summed E-state index contributed by atoms with van der Waals surface area (Å²) in [5.41, 5.74) is 8.06. The van der Waals surface area contributed by atoms with Gasteiger partial charge >= 0.3 is 0 Å². The minimum atomic E-state index is -0.256. The van der Waals surface area contributed by atoms with Gasteiger partial charge in [-0.15, -0.1) is 11.3 Å². The fourth-order valence-corrected chi connectivity index (χ4v) is 2.15. The minimum absolute atomic E-state index is 0.256. The van der Waals surface area contributed by atoms with Gasteiger partial charge in [-0.05, 0) is 17.7 Å².